The molecule has 1 aromatic carbocycles. The third-order valence-electron chi connectivity index (χ3n) is 3.96. The van der Waals surface area contributed by atoms with E-state index in [0.29, 0.717) is 0 Å². The number of benzene rings is 1. The molecule has 1 fully saturated rings. The Morgan fingerprint density at radius 1 is 1.16 bits per heavy atom. The maximum absolute atomic E-state index is 4.45. The van der Waals surface area contributed by atoms with Crippen LogP contribution in [0.15, 0.2) is 42.7 Å². The number of hydrogen-bond donors (Lipinski definition) is 1. The minimum absolute atomic E-state index is 0.890. The Bertz CT molecular complexity index is 498. The molecule has 100 valence electrons. The molecule has 0 unspecified atom stereocenters. The van der Waals surface area contributed by atoms with Gasteiger partial charge < -0.3 is 5.32 Å². The molecule has 1 saturated heterocycles. The fourth-order valence-corrected chi connectivity index (χ4v) is 2.75. The molecule has 0 atom stereocenters. The van der Waals surface area contributed by atoms with Crippen LogP contribution in [0, 0.1) is 5.92 Å². The first-order chi connectivity index (χ1) is 9.42. The maximum Gasteiger partial charge on any atom is 0.0645 e. The van der Waals surface area contributed by atoms with E-state index < -0.39 is 0 Å². The lowest BCUT2D eigenvalue weighted by molar-refractivity contribution is 0.354. The highest BCUT2D eigenvalue weighted by molar-refractivity contribution is 5.30. The van der Waals surface area contributed by atoms with Crippen LogP contribution in [-0.2, 0) is 6.42 Å². The zero-order valence-corrected chi connectivity index (χ0v) is 11.3. The van der Waals surface area contributed by atoms with E-state index in [-0.39, 0.29) is 0 Å². The predicted molar refractivity (Wildman–Crippen MR) is 77.5 cm³/mol. The van der Waals surface area contributed by atoms with Gasteiger partial charge in [-0.3, -0.25) is 0 Å². The van der Waals surface area contributed by atoms with Gasteiger partial charge in [-0.25, -0.2) is 4.68 Å². The van der Waals surface area contributed by atoms with Crippen molar-refractivity contribution >= 4 is 0 Å². The van der Waals surface area contributed by atoms with E-state index in [0.717, 1.165) is 18.0 Å². The minimum Gasteiger partial charge on any atom is -0.317 e. The van der Waals surface area contributed by atoms with Gasteiger partial charge in [0.05, 0.1) is 11.9 Å². The van der Waals surface area contributed by atoms with E-state index in [1.807, 2.05) is 29.1 Å². The van der Waals surface area contributed by atoms with Gasteiger partial charge in [0.25, 0.3) is 0 Å². The highest BCUT2D eigenvalue weighted by Crippen LogP contribution is 2.19. The zero-order valence-electron chi connectivity index (χ0n) is 11.3. The van der Waals surface area contributed by atoms with Gasteiger partial charge in [-0.1, -0.05) is 18.2 Å². The Labute approximate surface area is 114 Å². The summed E-state index contributed by atoms with van der Waals surface area (Å²) < 4.78 is 1.97. The van der Waals surface area contributed by atoms with Crippen LogP contribution in [-0.4, -0.2) is 22.9 Å². The molecule has 0 saturated carbocycles. The number of hydrogen-bond acceptors (Lipinski definition) is 2. The van der Waals surface area contributed by atoms with E-state index in [1.165, 1.54) is 37.9 Å². The van der Waals surface area contributed by atoms with Gasteiger partial charge in [-0.15, -0.1) is 0 Å². The highest BCUT2D eigenvalue weighted by atomic mass is 15.3. The predicted octanol–water partition coefficient (Wildman–Crippen LogP) is 2.80. The Morgan fingerprint density at radius 3 is 2.74 bits per heavy atom. The van der Waals surface area contributed by atoms with Gasteiger partial charge in [-0.2, -0.15) is 5.10 Å². The molecule has 0 spiro atoms. The van der Waals surface area contributed by atoms with Crippen molar-refractivity contribution < 1.29 is 0 Å². The van der Waals surface area contributed by atoms with Crippen LogP contribution in [0.4, 0.5) is 0 Å². The van der Waals surface area contributed by atoms with E-state index in [9.17, 15) is 0 Å². The summed E-state index contributed by atoms with van der Waals surface area (Å²) in [4.78, 5) is 0. The summed E-state index contributed by atoms with van der Waals surface area (Å²) in [5, 5.41) is 7.88. The second-order valence-electron chi connectivity index (χ2n) is 5.36. The molecule has 1 aromatic heterocycles. The van der Waals surface area contributed by atoms with Crippen molar-refractivity contribution in [3.63, 3.8) is 0 Å². The molecular formula is C16H21N3. The van der Waals surface area contributed by atoms with Crippen molar-refractivity contribution in [2.75, 3.05) is 13.1 Å². The second-order valence-corrected chi connectivity index (χ2v) is 5.36. The number of nitrogens with one attached hydrogen (secondary N) is 1. The van der Waals surface area contributed by atoms with Crippen LogP contribution in [0.2, 0.25) is 0 Å². The summed E-state index contributed by atoms with van der Waals surface area (Å²) in [5.74, 6) is 0.890. The van der Waals surface area contributed by atoms with Crippen LogP contribution in [0.25, 0.3) is 5.69 Å². The Balaban J connectivity index is 1.59. The lowest BCUT2D eigenvalue weighted by Gasteiger charge is -2.22. The van der Waals surface area contributed by atoms with Crippen molar-refractivity contribution in [2.24, 2.45) is 5.92 Å². The van der Waals surface area contributed by atoms with Gasteiger partial charge in [-0.05, 0) is 62.4 Å². The Hall–Kier alpha value is -1.61. The lowest BCUT2D eigenvalue weighted by Crippen LogP contribution is -2.27. The van der Waals surface area contributed by atoms with E-state index in [2.05, 4.69) is 28.7 Å². The summed E-state index contributed by atoms with van der Waals surface area (Å²) in [7, 11) is 0. The molecule has 0 amide bonds. The van der Waals surface area contributed by atoms with E-state index in [4.69, 9.17) is 0 Å². The molecule has 2 heterocycles. The monoisotopic (exact) mass is 255 g/mol. The minimum atomic E-state index is 0.890. The van der Waals surface area contributed by atoms with Crippen molar-refractivity contribution in [1.82, 2.24) is 15.1 Å². The molecule has 3 heteroatoms. The largest absolute Gasteiger partial charge is 0.317 e. The molecule has 3 nitrogen and oxygen atoms in total. The summed E-state index contributed by atoms with van der Waals surface area (Å²) in [6.45, 7) is 2.38. The van der Waals surface area contributed by atoms with Crippen LogP contribution in [0.5, 0.6) is 0 Å². The average molecular weight is 255 g/mol. The van der Waals surface area contributed by atoms with Gasteiger partial charge in [0.15, 0.2) is 0 Å². The summed E-state index contributed by atoms with van der Waals surface area (Å²) >= 11 is 0. The molecule has 3 rings (SSSR count). The fraction of sp³-hybridized carbons (Fsp3) is 0.438. The van der Waals surface area contributed by atoms with Crippen LogP contribution in [0.1, 0.15) is 24.8 Å². The first kappa shape index (κ1) is 12.4. The molecule has 0 aliphatic carbocycles. The Morgan fingerprint density at radius 2 is 1.95 bits per heavy atom. The van der Waals surface area contributed by atoms with Crippen molar-refractivity contribution in [3.8, 4) is 5.69 Å². The molecule has 0 radical (unpaired) electrons. The van der Waals surface area contributed by atoms with Gasteiger partial charge >= 0.3 is 0 Å². The summed E-state index contributed by atoms with van der Waals surface area (Å²) in [6, 6.07) is 10.3. The number of aryl methyl sites for hydroxylation is 1. The molecule has 1 N–H and O–H groups in total. The van der Waals surface area contributed by atoms with E-state index >= 15 is 0 Å². The second kappa shape index (κ2) is 6.02. The SMILES string of the molecule is c1ccc(-n2cc(CCC3CCNCC3)cn2)cc1. The quantitative estimate of drug-likeness (QED) is 0.910. The average Bonchev–Trinajstić information content (AvgIpc) is 2.96. The van der Waals surface area contributed by atoms with Gasteiger partial charge in [0.1, 0.15) is 0 Å². The number of para-hydroxylation sites is 1. The van der Waals surface area contributed by atoms with Crippen molar-refractivity contribution in [2.45, 2.75) is 25.7 Å². The molecule has 1 aliphatic heterocycles. The number of rotatable bonds is 4. The van der Waals surface area contributed by atoms with Crippen LogP contribution in [0.3, 0.4) is 0 Å². The third kappa shape index (κ3) is 3.24. The maximum atomic E-state index is 4.45. The highest BCUT2D eigenvalue weighted by Gasteiger charge is 2.13. The fourth-order valence-electron chi connectivity index (χ4n) is 2.75. The first-order valence-corrected chi connectivity index (χ1v) is 7.21. The number of piperidine rings is 1. The molecule has 19 heavy (non-hydrogen) atoms. The van der Waals surface area contributed by atoms with Crippen molar-refractivity contribution in [1.29, 1.82) is 0 Å². The number of nitrogens with zero attached hydrogens (tertiary/aromatic N) is 2. The topological polar surface area (TPSA) is 29.9 Å². The normalized spacial score (nSPS) is 16.6. The van der Waals surface area contributed by atoms with Crippen LogP contribution < -0.4 is 5.32 Å². The summed E-state index contributed by atoms with van der Waals surface area (Å²) in [6.07, 6.45) is 9.27. The zero-order chi connectivity index (χ0) is 12.9. The number of aromatic nitrogens is 2. The molecule has 1 aliphatic rings. The standard InChI is InChI=1S/C16H21N3/c1-2-4-16(5-3-1)19-13-15(12-18-19)7-6-14-8-10-17-11-9-14/h1-5,12-14,17H,6-11H2. The Kier molecular flexibility index (Phi) is 3.94. The van der Waals surface area contributed by atoms with Crippen molar-refractivity contribution in [3.05, 3.63) is 48.3 Å². The molecule has 2 aromatic rings. The summed E-state index contributed by atoms with van der Waals surface area (Å²) in [5.41, 5.74) is 2.48. The first-order valence-electron chi connectivity index (χ1n) is 7.21. The van der Waals surface area contributed by atoms with Gasteiger partial charge in [0, 0.05) is 6.20 Å². The van der Waals surface area contributed by atoms with E-state index in [1.54, 1.807) is 0 Å². The molecule has 0 bridgehead atoms. The smallest absolute Gasteiger partial charge is 0.0645 e. The lowest BCUT2D eigenvalue weighted by atomic mass is 9.92. The van der Waals surface area contributed by atoms with Gasteiger partial charge in [0.2, 0.25) is 0 Å². The van der Waals surface area contributed by atoms with Crippen LogP contribution >= 0.6 is 0 Å². The molecular weight excluding hydrogens is 234 g/mol. The third-order valence-corrected chi connectivity index (χ3v) is 3.96.